The van der Waals surface area contributed by atoms with Crippen LogP contribution in [0.15, 0.2) is 54.6 Å². The fourth-order valence-corrected chi connectivity index (χ4v) is 3.66. The first-order valence-electron chi connectivity index (χ1n) is 10.6. The van der Waals surface area contributed by atoms with Gasteiger partial charge in [-0.15, -0.1) is 0 Å². The molecule has 0 aliphatic carbocycles. The van der Waals surface area contributed by atoms with E-state index in [1.807, 2.05) is 49.4 Å². The van der Waals surface area contributed by atoms with Crippen molar-refractivity contribution in [3.8, 4) is 5.75 Å². The summed E-state index contributed by atoms with van der Waals surface area (Å²) in [4.78, 5) is 27.2. The second-order valence-corrected chi connectivity index (χ2v) is 7.68. The number of rotatable bonds is 9. The smallest absolute Gasteiger partial charge is 0.331 e. The van der Waals surface area contributed by atoms with Crippen molar-refractivity contribution < 1.29 is 24.2 Å². The van der Waals surface area contributed by atoms with Crippen molar-refractivity contribution in [2.75, 3.05) is 13.7 Å². The van der Waals surface area contributed by atoms with Crippen LogP contribution in [0.5, 0.6) is 5.75 Å². The number of nitrogens with zero attached hydrogens (tertiary/aromatic N) is 1. The van der Waals surface area contributed by atoms with Gasteiger partial charge in [0.25, 0.3) is 0 Å². The van der Waals surface area contributed by atoms with Crippen LogP contribution >= 0.6 is 0 Å². The maximum Gasteiger partial charge on any atom is 0.331 e. The van der Waals surface area contributed by atoms with Gasteiger partial charge in [0.2, 0.25) is 0 Å². The number of nitrogens with one attached hydrogen (secondary N) is 1. The molecule has 1 fully saturated rings. The molecule has 2 amide bonds. The molecule has 1 aliphatic rings. The van der Waals surface area contributed by atoms with Gasteiger partial charge in [-0.05, 0) is 36.1 Å². The molecule has 7 nitrogen and oxygen atoms in total. The zero-order chi connectivity index (χ0) is 22.2. The Labute approximate surface area is 183 Å². The van der Waals surface area contributed by atoms with Gasteiger partial charge in [-0.3, -0.25) is 0 Å². The van der Waals surface area contributed by atoms with E-state index < -0.39 is 30.2 Å². The molecule has 166 valence electrons. The minimum Gasteiger partial charge on any atom is -0.497 e. The van der Waals surface area contributed by atoms with Crippen LogP contribution in [-0.4, -0.2) is 53.9 Å². The number of hydrogen-bond acceptors (Lipinski definition) is 5. The lowest BCUT2D eigenvalue weighted by Gasteiger charge is -2.42. The van der Waals surface area contributed by atoms with Crippen LogP contribution in [0.25, 0.3) is 0 Å². The maximum atomic E-state index is 13.0. The predicted molar refractivity (Wildman–Crippen MR) is 117 cm³/mol. The lowest BCUT2D eigenvalue weighted by Crippen LogP contribution is -2.67. The standard InChI is InChI=1S/C24H30N2O5/c1-3-4-14-31-23(28)21-22(27)20(15-17-8-6-5-7-9-17)25-24(29)26(21)16-18-10-12-19(30-2)13-11-18/h5-13,20-22,27H,3-4,14-16H2,1-2H3,(H,25,29)/t20-,21+,22+/m0/s1. The molecule has 2 aromatic carbocycles. The van der Waals surface area contributed by atoms with Gasteiger partial charge in [0, 0.05) is 6.54 Å². The van der Waals surface area contributed by atoms with Crippen molar-refractivity contribution in [3.63, 3.8) is 0 Å². The largest absolute Gasteiger partial charge is 0.497 e. The van der Waals surface area contributed by atoms with E-state index in [2.05, 4.69) is 5.32 Å². The monoisotopic (exact) mass is 426 g/mol. The van der Waals surface area contributed by atoms with Crippen LogP contribution in [-0.2, 0) is 22.5 Å². The highest BCUT2D eigenvalue weighted by atomic mass is 16.5. The van der Waals surface area contributed by atoms with Crippen LogP contribution in [0, 0.1) is 0 Å². The van der Waals surface area contributed by atoms with Crippen LogP contribution < -0.4 is 10.1 Å². The van der Waals surface area contributed by atoms with E-state index in [0.717, 1.165) is 24.0 Å². The third kappa shape index (κ3) is 5.76. The number of hydrogen-bond donors (Lipinski definition) is 2. The number of methoxy groups -OCH3 is 1. The summed E-state index contributed by atoms with van der Waals surface area (Å²) in [6, 6.07) is 14.7. The van der Waals surface area contributed by atoms with Crippen LogP contribution in [0.3, 0.4) is 0 Å². The number of esters is 1. The molecule has 1 saturated heterocycles. The molecule has 2 N–H and O–H groups in total. The van der Waals surface area contributed by atoms with Gasteiger partial charge in [0.15, 0.2) is 6.04 Å². The average Bonchev–Trinajstić information content (AvgIpc) is 2.78. The number of aliphatic hydroxyl groups excluding tert-OH is 1. The topological polar surface area (TPSA) is 88.1 Å². The minimum atomic E-state index is -1.11. The lowest BCUT2D eigenvalue weighted by atomic mass is 9.93. The molecule has 3 rings (SSSR count). The average molecular weight is 427 g/mol. The number of carbonyl (C=O) groups is 2. The Hall–Kier alpha value is -3.06. The molecular formula is C24H30N2O5. The van der Waals surface area contributed by atoms with E-state index >= 15 is 0 Å². The number of ether oxygens (including phenoxy) is 2. The molecule has 0 spiro atoms. The number of benzene rings is 2. The van der Waals surface area contributed by atoms with Gasteiger partial charge in [-0.2, -0.15) is 0 Å². The summed E-state index contributed by atoms with van der Waals surface area (Å²) >= 11 is 0. The van der Waals surface area contributed by atoms with E-state index in [0.29, 0.717) is 12.2 Å². The molecule has 1 aliphatic heterocycles. The molecule has 0 aromatic heterocycles. The summed E-state index contributed by atoms with van der Waals surface area (Å²) in [5.74, 6) is 0.118. The molecule has 0 bridgehead atoms. The fraction of sp³-hybridized carbons (Fsp3) is 0.417. The normalized spacial score (nSPS) is 20.8. The summed E-state index contributed by atoms with van der Waals surface area (Å²) < 4.78 is 10.6. The van der Waals surface area contributed by atoms with Gasteiger partial charge in [-0.1, -0.05) is 55.8 Å². The van der Waals surface area contributed by atoms with Crippen LogP contribution in [0.4, 0.5) is 4.79 Å². The Morgan fingerprint density at radius 3 is 2.45 bits per heavy atom. The molecule has 0 unspecified atom stereocenters. The maximum absolute atomic E-state index is 13.0. The predicted octanol–water partition coefficient (Wildman–Crippen LogP) is 2.90. The van der Waals surface area contributed by atoms with Crippen molar-refractivity contribution in [2.24, 2.45) is 0 Å². The van der Waals surface area contributed by atoms with Gasteiger partial charge < -0.3 is 24.8 Å². The number of amides is 2. The Morgan fingerprint density at radius 2 is 1.81 bits per heavy atom. The van der Waals surface area contributed by atoms with Crippen LogP contribution in [0.2, 0.25) is 0 Å². The zero-order valence-electron chi connectivity index (χ0n) is 18.0. The lowest BCUT2D eigenvalue weighted by molar-refractivity contribution is -0.155. The van der Waals surface area contributed by atoms with Crippen molar-refractivity contribution in [1.29, 1.82) is 0 Å². The van der Waals surface area contributed by atoms with E-state index in [4.69, 9.17) is 9.47 Å². The summed E-state index contributed by atoms with van der Waals surface area (Å²) in [7, 11) is 1.58. The molecule has 7 heteroatoms. The number of carbonyl (C=O) groups excluding carboxylic acids is 2. The third-order valence-corrected chi connectivity index (χ3v) is 5.44. The highest BCUT2D eigenvalue weighted by molar-refractivity contribution is 5.86. The molecule has 2 aromatic rings. The van der Waals surface area contributed by atoms with Crippen molar-refractivity contribution >= 4 is 12.0 Å². The summed E-state index contributed by atoms with van der Waals surface area (Å²) in [6.45, 7) is 2.43. The van der Waals surface area contributed by atoms with Crippen molar-refractivity contribution in [1.82, 2.24) is 10.2 Å². The van der Waals surface area contributed by atoms with Gasteiger partial charge in [0.05, 0.1) is 19.8 Å². The summed E-state index contributed by atoms with van der Waals surface area (Å²) in [5, 5.41) is 14.0. The Kier molecular flexibility index (Phi) is 7.89. The minimum absolute atomic E-state index is 0.165. The second-order valence-electron chi connectivity index (χ2n) is 7.68. The quantitative estimate of drug-likeness (QED) is 0.476. The number of urea groups is 1. The van der Waals surface area contributed by atoms with E-state index in [9.17, 15) is 14.7 Å². The summed E-state index contributed by atoms with van der Waals surface area (Å²) in [5.41, 5.74) is 1.78. The van der Waals surface area contributed by atoms with Gasteiger partial charge >= 0.3 is 12.0 Å². The van der Waals surface area contributed by atoms with E-state index in [1.54, 1.807) is 19.2 Å². The van der Waals surface area contributed by atoms with Gasteiger partial charge in [-0.25, -0.2) is 9.59 Å². The first kappa shape index (κ1) is 22.6. The van der Waals surface area contributed by atoms with Crippen LogP contribution in [0.1, 0.15) is 30.9 Å². The number of aliphatic hydroxyl groups is 1. The summed E-state index contributed by atoms with van der Waals surface area (Å²) in [6.07, 6.45) is 0.924. The molecule has 31 heavy (non-hydrogen) atoms. The molecule has 3 atom stereocenters. The first-order valence-corrected chi connectivity index (χ1v) is 10.6. The second kappa shape index (κ2) is 10.8. The fourth-order valence-electron chi connectivity index (χ4n) is 3.66. The van der Waals surface area contributed by atoms with Crippen molar-refractivity contribution in [2.45, 2.75) is 50.9 Å². The molecule has 0 radical (unpaired) electrons. The van der Waals surface area contributed by atoms with Crippen molar-refractivity contribution in [3.05, 3.63) is 65.7 Å². The Bertz CT molecular complexity index is 856. The highest BCUT2D eigenvalue weighted by Crippen LogP contribution is 2.23. The molecule has 0 saturated carbocycles. The Balaban J connectivity index is 1.81. The third-order valence-electron chi connectivity index (χ3n) is 5.44. The van der Waals surface area contributed by atoms with E-state index in [1.165, 1.54) is 4.90 Å². The zero-order valence-corrected chi connectivity index (χ0v) is 18.0. The molecule has 1 heterocycles. The first-order chi connectivity index (χ1) is 15.0. The Morgan fingerprint density at radius 1 is 1.10 bits per heavy atom. The molecular weight excluding hydrogens is 396 g/mol. The van der Waals surface area contributed by atoms with Gasteiger partial charge in [0.1, 0.15) is 11.9 Å². The SMILES string of the molecule is CCCCOC(=O)[C@H]1[C@H](O)[C@H](Cc2ccccc2)NC(=O)N1Cc1ccc(OC)cc1. The van der Waals surface area contributed by atoms with E-state index in [-0.39, 0.29) is 13.2 Å². The number of unbranched alkanes of at least 4 members (excludes halogenated alkanes) is 1. The highest BCUT2D eigenvalue weighted by Gasteiger charge is 2.45.